The van der Waals surface area contributed by atoms with E-state index in [0.29, 0.717) is 19.0 Å². The second-order valence-corrected chi connectivity index (χ2v) is 8.01. The standard InChI is InChI=1S/C25H30N4O2/c1-3-16-31-25-23(27-21-9-5-6-10-22(21)28-25)29-15-7-8-19(17-29)24(30)26-20-13-11-18(4-2)12-14-20/h5-6,9-14,19H,3-4,7-8,15-17H2,1-2H3,(H,26,30)/t19-/m0/s1. The summed E-state index contributed by atoms with van der Waals surface area (Å²) in [4.78, 5) is 24.7. The number of amides is 1. The van der Waals surface area contributed by atoms with Gasteiger partial charge in [0.15, 0.2) is 5.82 Å². The molecule has 0 bridgehead atoms. The van der Waals surface area contributed by atoms with Gasteiger partial charge in [-0.3, -0.25) is 4.79 Å². The molecule has 1 atom stereocenters. The Morgan fingerprint density at radius 1 is 1.10 bits per heavy atom. The summed E-state index contributed by atoms with van der Waals surface area (Å²) >= 11 is 0. The highest BCUT2D eigenvalue weighted by molar-refractivity contribution is 5.93. The number of hydrogen-bond acceptors (Lipinski definition) is 5. The third-order valence-electron chi connectivity index (χ3n) is 5.69. The minimum atomic E-state index is -0.105. The van der Waals surface area contributed by atoms with Crippen LogP contribution in [-0.4, -0.2) is 35.6 Å². The van der Waals surface area contributed by atoms with E-state index in [-0.39, 0.29) is 11.8 Å². The van der Waals surface area contributed by atoms with E-state index in [1.54, 1.807) is 0 Å². The Hall–Kier alpha value is -3.15. The fourth-order valence-corrected chi connectivity index (χ4v) is 3.93. The van der Waals surface area contributed by atoms with Crippen molar-refractivity contribution in [3.8, 4) is 5.88 Å². The van der Waals surface area contributed by atoms with Crippen molar-refractivity contribution in [3.05, 3.63) is 54.1 Å². The number of aromatic nitrogens is 2. The summed E-state index contributed by atoms with van der Waals surface area (Å²) in [5, 5.41) is 3.08. The van der Waals surface area contributed by atoms with Crippen LogP contribution in [0.25, 0.3) is 11.0 Å². The molecule has 1 saturated heterocycles. The Bertz CT molecular complexity index is 1040. The molecule has 1 aromatic heterocycles. The van der Waals surface area contributed by atoms with Crippen LogP contribution in [0.5, 0.6) is 5.88 Å². The first kappa shape index (κ1) is 21.1. The predicted octanol–water partition coefficient (Wildman–Crippen LogP) is 4.84. The van der Waals surface area contributed by atoms with Gasteiger partial charge in [0.1, 0.15) is 0 Å². The molecular weight excluding hydrogens is 388 g/mol. The van der Waals surface area contributed by atoms with Crippen LogP contribution >= 0.6 is 0 Å². The number of aryl methyl sites for hydroxylation is 1. The predicted molar refractivity (Wildman–Crippen MR) is 125 cm³/mol. The molecule has 0 saturated carbocycles. The third kappa shape index (κ3) is 4.95. The van der Waals surface area contributed by atoms with Gasteiger partial charge in [0, 0.05) is 18.8 Å². The largest absolute Gasteiger partial charge is 0.475 e. The first-order valence-corrected chi connectivity index (χ1v) is 11.2. The number of fused-ring (bicyclic) bond motifs is 1. The first-order valence-electron chi connectivity index (χ1n) is 11.2. The van der Waals surface area contributed by atoms with E-state index in [2.05, 4.69) is 36.2 Å². The smallest absolute Gasteiger partial charge is 0.258 e. The van der Waals surface area contributed by atoms with E-state index in [0.717, 1.165) is 54.8 Å². The summed E-state index contributed by atoms with van der Waals surface area (Å²) < 4.78 is 5.94. The molecular formula is C25H30N4O2. The summed E-state index contributed by atoms with van der Waals surface area (Å²) in [7, 11) is 0. The molecule has 3 aromatic rings. The van der Waals surface area contributed by atoms with E-state index in [1.807, 2.05) is 36.4 Å². The maximum absolute atomic E-state index is 13.0. The normalized spacial score (nSPS) is 16.3. The van der Waals surface area contributed by atoms with Gasteiger partial charge >= 0.3 is 0 Å². The second-order valence-electron chi connectivity index (χ2n) is 8.01. The fourth-order valence-electron chi connectivity index (χ4n) is 3.93. The average Bonchev–Trinajstić information content (AvgIpc) is 2.82. The van der Waals surface area contributed by atoms with E-state index in [1.165, 1.54) is 5.56 Å². The Balaban J connectivity index is 1.53. The van der Waals surface area contributed by atoms with Gasteiger partial charge in [-0.2, -0.15) is 0 Å². The van der Waals surface area contributed by atoms with Gasteiger partial charge in [0.2, 0.25) is 5.91 Å². The Labute approximate surface area is 183 Å². The van der Waals surface area contributed by atoms with Gasteiger partial charge in [-0.1, -0.05) is 38.1 Å². The number of para-hydroxylation sites is 2. The number of nitrogens with zero attached hydrogens (tertiary/aromatic N) is 3. The molecule has 0 radical (unpaired) electrons. The van der Waals surface area contributed by atoms with E-state index in [4.69, 9.17) is 14.7 Å². The zero-order valence-electron chi connectivity index (χ0n) is 18.3. The zero-order valence-corrected chi connectivity index (χ0v) is 18.3. The maximum atomic E-state index is 13.0. The molecule has 31 heavy (non-hydrogen) atoms. The SMILES string of the molecule is CCCOc1nc2ccccc2nc1N1CCC[C@H](C(=O)Nc2ccc(CC)cc2)C1. The number of anilines is 2. The quantitative estimate of drug-likeness (QED) is 0.595. The van der Waals surface area contributed by atoms with Crippen LogP contribution < -0.4 is 15.0 Å². The third-order valence-corrected chi connectivity index (χ3v) is 5.69. The molecule has 0 aliphatic carbocycles. The van der Waals surface area contributed by atoms with Crippen LogP contribution in [0.2, 0.25) is 0 Å². The number of rotatable bonds is 7. The molecule has 4 rings (SSSR count). The number of carbonyl (C=O) groups is 1. The molecule has 1 fully saturated rings. The van der Waals surface area contributed by atoms with Gasteiger partial charge in [-0.15, -0.1) is 0 Å². The highest BCUT2D eigenvalue weighted by Crippen LogP contribution is 2.31. The number of ether oxygens (including phenoxy) is 1. The molecule has 1 aliphatic heterocycles. The number of benzene rings is 2. The van der Waals surface area contributed by atoms with Crippen molar-refractivity contribution in [1.29, 1.82) is 0 Å². The van der Waals surface area contributed by atoms with Gasteiger partial charge in [0.25, 0.3) is 5.88 Å². The van der Waals surface area contributed by atoms with Crippen LogP contribution in [0.3, 0.4) is 0 Å². The number of carbonyl (C=O) groups excluding carboxylic acids is 1. The van der Waals surface area contributed by atoms with Crippen molar-refractivity contribution in [2.75, 3.05) is 29.9 Å². The van der Waals surface area contributed by atoms with Crippen LogP contribution in [0.15, 0.2) is 48.5 Å². The van der Waals surface area contributed by atoms with Crippen LogP contribution in [0.4, 0.5) is 11.5 Å². The van der Waals surface area contributed by atoms with Crippen molar-refractivity contribution in [3.63, 3.8) is 0 Å². The van der Waals surface area contributed by atoms with E-state index < -0.39 is 0 Å². The molecule has 1 aliphatic rings. The minimum absolute atomic E-state index is 0.0544. The highest BCUT2D eigenvalue weighted by atomic mass is 16.5. The molecule has 2 heterocycles. The number of hydrogen-bond donors (Lipinski definition) is 1. The maximum Gasteiger partial charge on any atom is 0.258 e. The van der Waals surface area contributed by atoms with Gasteiger partial charge in [0.05, 0.1) is 23.6 Å². The lowest BCUT2D eigenvalue weighted by Crippen LogP contribution is -2.41. The van der Waals surface area contributed by atoms with E-state index in [9.17, 15) is 4.79 Å². The molecule has 0 spiro atoms. The summed E-state index contributed by atoms with van der Waals surface area (Å²) in [5.74, 6) is 1.24. The number of piperidine rings is 1. The fraction of sp³-hybridized carbons (Fsp3) is 0.400. The summed E-state index contributed by atoms with van der Waals surface area (Å²) in [5.41, 5.74) is 3.76. The molecule has 162 valence electrons. The Morgan fingerprint density at radius 2 is 1.84 bits per heavy atom. The molecule has 1 N–H and O–H groups in total. The molecule has 6 nitrogen and oxygen atoms in total. The lowest BCUT2D eigenvalue weighted by atomic mass is 9.97. The molecule has 0 unspecified atom stereocenters. The topological polar surface area (TPSA) is 67.4 Å². The number of nitrogens with one attached hydrogen (secondary N) is 1. The van der Waals surface area contributed by atoms with Crippen molar-refractivity contribution in [2.24, 2.45) is 5.92 Å². The monoisotopic (exact) mass is 418 g/mol. The average molecular weight is 419 g/mol. The second kappa shape index (κ2) is 9.77. The van der Waals surface area contributed by atoms with E-state index >= 15 is 0 Å². The Morgan fingerprint density at radius 3 is 2.55 bits per heavy atom. The van der Waals surface area contributed by atoms with Crippen molar-refractivity contribution < 1.29 is 9.53 Å². The zero-order chi connectivity index (χ0) is 21.6. The van der Waals surface area contributed by atoms with Crippen molar-refractivity contribution in [2.45, 2.75) is 39.5 Å². The summed E-state index contributed by atoms with van der Waals surface area (Å²) in [6, 6.07) is 15.9. The highest BCUT2D eigenvalue weighted by Gasteiger charge is 2.29. The Kier molecular flexibility index (Phi) is 6.65. The lowest BCUT2D eigenvalue weighted by molar-refractivity contribution is -0.120. The van der Waals surface area contributed by atoms with Crippen LogP contribution in [0, 0.1) is 5.92 Å². The van der Waals surface area contributed by atoms with Crippen molar-refractivity contribution in [1.82, 2.24) is 9.97 Å². The van der Waals surface area contributed by atoms with Gasteiger partial charge in [-0.05, 0) is 55.5 Å². The van der Waals surface area contributed by atoms with Gasteiger partial charge in [-0.25, -0.2) is 9.97 Å². The minimum Gasteiger partial charge on any atom is -0.475 e. The molecule has 2 aromatic carbocycles. The lowest BCUT2D eigenvalue weighted by Gasteiger charge is -2.33. The first-order chi connectivity index (χ1) is 15.2. The molecule has 6 heteroatoms. The molecule has 1 amide bonds. The van der Waals surface area contributed by atoms with Gasteiger partial charge < -0.3 is 15.0 Å². The van der Waals surface area contributed by atoms with Crippen LogP contribution in [0.1, 0.15) is 38.7 Å². The van der Waals surface area contributed by atoms with Crippen LogP contribution in [-0.2, 0) is 11.2 Å². The van der Waals surface area contributed by atoms with Crippen molar-refractivity contribution >= 4 is 28.4 Å². The summed E-state index contributed by atoms with van der Waals surface area (Å²) in [6.45, 7) is 6.23. The summed E-state index contributed by atoms with van der Waals surface area (Å²) in [6.07, 6.45) is 3.67.